The third-order valence-corrected chi connectivity index (χ3v) is 4.08. The molecule has 0 saturated carbocycles. The molecule has 22 heavy (non-hydrogen) atoms. The third kappa shape index (κ3) is 4.57. The molecule has 2 rings (SSSR count). The van der Waals surface area contributed by atoms with Gasteiger partial charge in [0.15, 0.2) is 5.11 Å². The van der Waals surface area contributed by atoms with E-state index in [0.717, 1.165) is 18.5 Å². The second-order valence-electron chi connectivity index (χ2n) is 5.47. The average Bonchev–Trinajstić information content (AvgIpc) is 2.55. The maximum Gasteiger partial charge on any atom is 0.171 e. The summed E-state index contributed by atoms with van der Waals surface area (Å²) in [5, 5.41) is 7.22. The normalized spacial score (nSPS) is 11.8. The fraction of sp³-hybridized carbons (Fsp3) is 0.316. The minimum absolute atomic E-state index is 0.181. The Bertz CT molecular complexity index is 602. The molecular weight excluding hydrogens is 288 g/mol. The average molecular weight is 312 g/mol. The van der Waals surface area contributed by atoms with Crippen molar-refractivity contribution >= 4 is 23.0 Å². The predicted molar refractivity (Wildman–Crippen MR) is 99.4 cm³/mol. The van der Waals surface area contributed by atoms with Gasteiger partial charge in [0.25, 0.3) is 0 Å². The largest absolute Gasteiger partial charge is 0.356 e. The highest BCUT2D eigenvalue weighted by atomic mass is 32.1. The summed E-state index contributed by atoms with van der Waals surface area (Å²) < 4.78 is 0. The number of aryl methyl sites for hydroxylation is 2. The van der Waals surface area contributed by atoms with Crippen LogP contribution in [0.2, 0.25) is 0 Å². The molecule has 2 aromatic carbocycles. The Morgan fingerprint density at radius 3 is 1.91 bits per heavy atom. The van der Waals surface area contributed by atoms with Crippen molar-refractivity contribution < 1.29 is 0 Å². The lowest BCUT2D eigenvalue weighted by atomic mass is 10.1. The maximum absolute atomic E-state index is 5.40. The summed E-state index contributed by atoms with van der Waals surface area (Å²) >= 11 is 5.40. The van der Waals surface area contributed by atoms with Crippen LogP contribution in [-0.2, 0) is 12.8 Å². The van der Waals surface area contributed by atoms with Gasteiger partial charge < -0.3 is 10.6 Å². The first-order valence-corrected chi connectivity index (χ1v) is 8.28. The highest BCUT2D eigenvalue weighted by Gasteiger charge is 2.07. The molecule has 0 radical (unpaired) electrons. The van der Waals surface area contributed by atoms with E-state index in [1.165, 1.54) is 16.7 Å². The fourth-order valence-electron chi connectivity index (χ4n) is 2.31. The molecule has 0 bridgehead atoms. The molecule has 0 aromatic heterocycles. The molecule has 0 aliphatic carbocycles. The Kier molecular flexibility index (Phi) is 5.96. The van der Waals surface area contributed by atoms with Crippen LogP contribution in [0, 0.1) is 0 Å². The van der Waals surface area contributed by atoms with Crippen molar-refractivity contribution in [2.45, 2.75) is 39.7 Å². The first-order chi connectivity index (χ1) is 10.6. The van der Waals surface area contributed by atoms with Gasteiger partial charge in [0.1, 0.15) is 0 Å². The van der Waals surface area contributed by atoms with Gasteiger partial charge in [-0.2, -0.15) is 0 Å². The molecule has 2 aromatic rings. The molecule has 0 aliphatic heterocycles. The molecule has 1 unspecified atom stereocenters. The number of benzene rings is 2. The summed E-state index contributed by atoms with van der Waals surface area (Å²) in [4.78, 5) is 0. The first kappa shape index (κ1) is 16.5. The van der Waals surface area contributed by atoms with Crippen molar-refractivity contribution in [2.24, 2.45) is 0 Å². The lowest BCUT2D eigenvalue weighted by Crippen LogP contribution is -2.30. The number of nitrogens with one attached hydrogen (secondary N) is 2. The molecule has 1 atom stereocenters. The van der Waals surface area contributed by atoms with Crippen LogP contribution in [0.4, 0.5) is 5.69 Å². The third-order valence-electron chi connectivity index (χ3n) is 3.86. The summed E-state index contributed by atoms with van der Waals surface area (Å²) in [7, 11) is 0. The van der Waals surface area contributed by atoms with E-state index in [4.69, 9.17) is 12.2 Å². The molecular formula is C19H24N2S. The van der Waals surface area contributed by atoms with Crippen LogP contribution in [-0.4, -0.2) is 5.11 Å². The van der Waals surface area contributed by atoms with Crippen molar-refractivity contribution in [2.75, 3.05) is 5.32 Å². The molecule has 116 valence electrons. The number of hydrogen-bond acceptors (Lipinski definition) is 1. The van der Waals surface area contributed by atoms with Gasteiger partial charge in [-0.1, -0.05) is 50.2 Å². The van der Waals surface area contributed by atoms with Crippen LogP contribution in [0.3, 0.4) is 0 Å². The van der Waals surface area contributed by atoms with Crippen molar-refractivity contribution in [1.29, 1.82) is 0 Å². The molecule has 2 N–H and O–H groups in total. The van der Waals surface area contributed by atoms with E-state index in [2.05, 4.69) is 79.9 Å². The standard InChI is InChI=1S/C19H24N2S/c1-4-15-6-10-17(11-7-15)14(3)20-19(22)21-18-12-8-16(5-2)9-13-18/h6-14H,4-5H2,1-3H3,(H2,20,21,22). The second kappa shape index (κ2) is 7.95. The van der Waals surface area contributed by atoms with Gasteiger partial charge in [-0.3, -0.25) is 0 Å². The summed E-state index contributed by atoms with van der Waals surface area (Å²) in [5.41, 5.74) is 4.94. The summed E-state index contributed by atoms with van der Waals surface area (Å²) in [5.74, 6) is 0. The maximum atomic E-state index is 5.40. The van der Waals surface area contributed by atoms with Gasteiger partial charge in [-0.05, 0) is 60.8 Å². The summed E-state index contributed by atoms with van der Waals surface area (Å²) in [6, 6.07) is 17.2. The Morgan fingerprint density at radius 2 is 1.41 bits per heavy atom. The molecule has 3 heteroatoms. The van der Waals surface area contributed by atoms with Crippen molar-refractivity contribution in [1.82, 2.24) is 5.32 Å². The van der Waals surface area contributed by atoms with Gasteiger partial charge in [0.2, 0.25) is 0 Å². The van der Waals surface area contributed by atoms with Crippen LogP contribution in [0.15, 0.2) is 48.5 Å². The summed E-state index contributed by atoms with van der Waals surface area (Å²) in [6.45, 7) is 6.44. The number of rotatable bonds is 5. The van der Waals surface area contributed by atoms with Crippen LogP contribution >= 0.6 is 12.2 Å². The van der Waals surface area contributed by atoms with E-state index in [1.54, 1.807) is 0 Å². The number of thiocarbonyl (C=S) groups is 1. The van der Waals surface area contributed by atoms with Crippen molar-refractivity contribution in [3.05, 3.63) is 65.2 Å². The van der Waals surface area contributed by atoms with Gasteiger partial charge in [-0.25, -0.2) is 0 Å². The molecule has 0 aliphatic rings. The molecule has 0 heterocycles. The second-order valence-corrected chi connectivity index (χ2v) is 5.87. The van der Waals surface area contributed by atoms with Crippen LogP contribution in [0.1, 0.15) is 43.5 Å². The van der Waals surface area contributed by atoms with E-state index in [0.29, 0.717) is 5.11 Å². The molecule has 0 amide bonds. The molecule has 0 saturated heterocycles. The minimum atomic E-state index is 0.181. The molecule has 2 nitrogen and oxygen atoms in total. The van der Waals surface area contributed by atoms with E-state index >= 15 is 0 Å². The Labute approximate surface area is 139 Å². The lowest BCUT2D eigenvalue weighted by molar-refractivity contribution is 0.722. The fourth-order valence-corrected chi connectivity index (χ4v) is 2.61. The first-order valence-electron chi connectivity index (χ1n) is 7.87. The zero-order chi connectivity index (χ0) is 15.9. The van der Waals surface area contributed by atoms with Gasteiger partial charge >= 0.3 is 0 Å². The summed E-state index contributed by atoms with van der Waals surface area (Å²) in [6.07, 6.45) is 2.11. The lowest BCUT2D eigenvalue weighted by Gasteiger charge is -2.18. The van der Waals surface area contributed by atoms with Crippen LogP contribution in [0.25, 0.3) is 0 Å². The van der Waals surface area contributed by atoms with Crippen LogP contribution < -0.4 is 10.6 Å². The van der Waals surface area contributed by atoms with E-state index < -0.39 is 0 Å². The Hall–Kier alpha value is -1.87. The molecule has 0 spiro atoms. The topological polar surface area (TPSA) is 24.1 Å². The van der Waals surface area contributed by atoms with Crippen molar-refractivity contribution in [3.63, 3.8) is 0 Å². The highest BCUT2D eigenvalue weighted by Crippen LogP contribution is 2.15. The van der Waals surface area contributed by atoms with E-state index in [1.807, 2.05) is 0 Å². The molecule has 0 fully saturated rings. The zero-order valence-electron chi connectivity index (χ0n) is 13.5. The van der Waals surface area contributed by atoms with E-state index in [-0.39, 0.29) is 6.04 Å². The SMILES string of the molecule is CCc1ccc(NC(=S)NC(C)c2ccc(CC)cc2)cc1. The van der Waals surface area contributed by atoms with E-state index in [9.17, 15) is 0 Å². The number of anilines is 1. The highest BCUT2D eigenvalue weighted by molar-refractivity contribution is 7.80. The van der Waals surface area contributed by atoms with Gasteiger partial charge in [0.05, 0.1) is 6.04 Å². The smallest absolute Gasteiger partial charge is 0.171 e. The Morgan fingerprint density at radius 1 is 0.909 bits per heavy atom. The van der Waals surface area contributed by atoms with Crippen molar-refractivity contribution in [3.8, 4) is 0 Å². The van der Waals surface area contributed by atoms with Gasteiger partial charge in [0, 0.05) is 5.69 Å². The minimum Gasteiger partial charge on any atom is -0.356 e. The zero-order valence-corrected chi connectivity index (χ0v) is 14.3. The monoisotopic (exact) mass is 312 g/mol. The number of hydrogen-bond donors (Lipinski definition) is 2. The Balaban J connectivity index is 1.92. The quantitative estimate of drug-likeness (QED) is 0.771. The predicted octanol–water partition coefficient (Wildman–Crippen LogP) is 4.86. The van der Waals surface area contributed by atoms with Gasteiger partial charge in [-0.15, -0.1) is 0 Å². The van der Waals surface area contributed by atoms with Crippen LogP contribution in [0.5, 0.6) is 0 Å².